The first-order valence-electron chi connectivity index (χ1n) is 13.3. The summed E-state index contributed by atoms with van der Waals surface area (Å²) in [6, 6.07) is 25.3. The molecule has 0 atom stereocenters. The zero-order chi connectivity index (χ0) is 26.4. The molecule has 37 heavy (non-hydrogen) atoms. The fraction of sp³-hybridized carbons (Fsp3) is 0.294. The summed E-state index contributed by atoms with van der Waals surface area (Å²) in [6.45, 7) is 13.1. The summed E-state index contributed by atoms with van der Waals surface area (Å²) >= 11 is 0. The molecule has 0 N–H and O–H groups in total. The lowest BCUT2D eigenvalue weighted by Crippen LogP contribution is -1.94. The average Bonchev–Trinajstić information content (AvgIpc) is 3.54. The number of aromatic nitrogens is 2. The molecule has 3 aromatic heterocycles. The maximum Gasteiger partial charge on any atom is 0.226 e. The molecule has 0 spiro atoms. The molecule has 0 unspecified atom stereocenters. The zero-order valence-electron chi connectivity index (χ0n) is 22.9. The van der Waals surface area contributed by atoms with E-state index in [1.54, 1.807) is 6.20 Å². The summed E-state index contributed by atoms with van der Waals surface area (Å²) in [5.41, 5.74) is 6.20. The Kier molecular flexibility index (Phi) is 8.55. The molecule has 3 heterocycles. The second-order valence-corrected chi connectivity index (χ2v) is 10.6. The molecule has 1 aliphatic rings. The van der Waals surface area contributed by atoms with Crippen molar-refractivity contribution in [1.82, 2.24) is 9.97 Å². The van der Waals surface area contributed by atoms with Crippen LogP contribution in [0.3, 0.4) is 0 Å². The number of allylic oxidation sites excluding steroid dienone is 1. The first-order valence-corrected chi connectivity index (χ1v) is 13.3. The van der Waals surface area contributed by atoms with Gasteiger partial charge in [0, 0.05) is 30.1 Å². The SMILES string of the molecule is CC(C)C1=Cc2cccnc2C1.CC(C)c1cc2cccnc2o1.CC(C)c1ccc2ccccc2c1. The molecule has 0 saturated carbocycles. The predicted molar refractivity (Wildman–Crippen MR) is 157 cm³/mol. The number of fused-ring (bicyclic) bond motifs is 3. The van der Waals surface area contributed by atoms with E-state index >= 15 is 0 Å². The molecule has 2 aromatic carbocycles. The summed E-state index contributed by atoms with van der Waals surface area (Å²) in [5.74, 6) is 2.70. The van der Waals surface area contributed by atoms with Crippen LogP contribution < -0.4 is 0 Å². The third-order valence-electron chi connectivity index (χ3n) is 6.70. The van der Waals surface area contributed by atoms with Gasteiger partial charge in [-0.1, -0.05) is 102 Å². The Morgan fingerprint density at radius 1 is 0.649 bits per heavy atom. The molecule has 6 rings (SSSR count). The van der Waals surface area contributed by atoms with E-state index in [4.69, 9.17) is 4.42 Å². The number of pyridine rings is 2. The van der Waals surface area contributed by atoms with Gasteiger partial charge in [0.2, 0.25) is 5.71 Å². The lowest BCUT2D eigenvalue weighted by atomic mass is 9.99. The second-order valence-electron chi connectivity index (χ2n) is 10.6. The van der Waals surface area contributed by atoms with Crippen LogP contribution in [0, 0.1) is 5.92 Å². The smallest absolute Gasteiger partial charge is 0.226 e. The standard InChI is InChI=1S/C13H14.C11H13N.C10H11NO/c1-10(2)12-8-7-11-5-3-4-6-13(11)9-12;1-8(2)10-6-9-4-3-5-12-11(9)7-10;1-7(2)9-6-8-4-3-5-11-10(8)12-9/h3-10H,1-2H3;3-6,8H,7H2,1-2H3;3-7H,1-2H3. The van der Waals surface area contributed by atoms with E-state index in [1.807, 2.05) is 30.5 Å². The monoisotopic (exact) mass is 490 g/mol. The normalized spacial score (nSPS) is 12.3. The number of furan rings is 1. The third-order valence-corrected chi connectivity index (χ3v) is 6.70. The van der Waals surface area contributed by atoms with Gasteiger partial charge in [-0.2, -0.15) is 0 Å². The highest BCUT2D eigenvalue weighted by Crippen LogP contribution is 2.27. The van der Waals surface area contributed by atoms with Crippen LogP contribution in [0.5, 0.6) is 0 Å². The van der Waals surface area contributed by atoms with Gasteiger partial charge in [-0.15, -0.1) is 0 Å². The van der Waals surface area contributed by atoms with Crippen molar-refractivity contribution in [3.8, 4) is 0 Å². The Hall–Kier alpha value is -3.72. The highest BCUT2D eigenvalue weighted by molar-refractivity contribution is 5.83. The van der Waals surface area contributed by atoms with Crippen molar-refractivity contribution in [2.24, 2.45) is 5.92 Å². The van der Waals surface area contributed by atoms with Crippen molar-refractivity contribution >= 4 is 27.9 Å². The summed E-state index contributed by atoms with van der Waals surface area (Å²) in [5, 5.41) is 3.75. The van der Waals surface area contributed by atoms with Gasteiger partial charge in [-0.3, -0.25) is 4.98 Å². The van der Waals surface area contributed by atoms with E-state index in [1.165, 1.54) is 33.2 Å². The number of hydrogen-bond acceptors (Lipinski definition) is 3. The van der Waals surface area contributed by atoms with Crippen LogP contribution in [0.15, 0.2) is 95.2 Å². The summed E-state index contributed by atoms with van der Waals surface area (Å²) in [4.78, 5) is 8.46. The van der Waals surface area contributed by atoms with Gasteiger partial charge in [-0.05, 0) is 58.0 Å². The lowest BCUT2D eigenvalue weighted by Gasteiger charge is -2.06. The molecule has 0 amide bonds. The molecule has 1 aliphatic carbocycles. The molecule has 0 bridgehead atoms. The Bertz CT molecular complexity index is 1460. The highest BCUT2D eigenvalue weighted by Gasteiger charge is 2.14. The minimum absolute atomic E-state index is 0.430. The largest absolute Gasteiger partial charge is 0.443 e. The van der Waals surface area contributed by atoms with Crippen molar-refractivity contribution in [2.45, 2.75) is 59.8 Å². The van der Waals surface area contributed by atoms with Gasteiger partial charge in [0.05, 0.1) is 5.69 Å². The van der Waals surface area contributed by atoms with Crippen molar-refractivity contribution in [2.75, 3.05) is 0 Å². The van der Waals surface area contributed by atoms with Crippen molar-refractivity contribution in [3.05, 3.63) is 113 Å². The number of nitrogens with zero attached hydrogens (tertiary/aromatic N) is 2. The van der Waals surface area contributed by atoms with Gasteiger partial charge in [0.25, 0.3) is 0 Å². The Morgan fingerprint density at radius 2 is 1.35 bits per heavy atom. The van der Waals surface area contributed by atoms with E-state index in [9.17, 15) is 0 Å². The summed E-state index contributed by atoms with van der Waals surface area (Å²) in [7, 11) is 0. The Balaban J connectivity index is 0.000000130. The number of rotatable bonds is 3. The first kappa shape index (κ1) is 26.3. The fourth-order valence-electron chi connectivity index (χ4n) is 4.29. The third kappa shape index (κ3) is 6.74. The van der Waals surface area contributed by atoms with Gasteiger partial charge >= 0.3 is 0 Å². The van der Waals surface area contributed by atoms with Gasteiger partial charge in [0.15, 0.2) is 0 Å². The Morgan fingerprint density at radius 3 is 2.03 bits per heavy atom. The van der Waals surface area contributed by atoms with Gasteiger partial charge < -0.3 is 4.42 Å². The van der Waals surface area contributed by atoms with E-state index in [2.05, 4.69) is 106 Å². The van der Waals surface area contributed by atoms with Crippen LogP contribution in [0.1, 0.15) is 76.0 Å². The molecule has 0 saturated heterocycles. The molecule has 3 heteroatoms. The van der Waals surface area contributed by atoms with Crippen LogP contribution in [-0.2, 0) is 6.42 Å². The number of hydrogen-bond donors (Lipinski definition) is 0. The predicted octanol–water partition coefficient (Wildman–Crippen LogP) is 9.59. The molecule has 3 nitrogen and oxygen atoms in total. The molecular weight excluding hydrogens is 452 g/mol. The number of benzene rings is 2. The van der Waals surface area contributed by atoms with Crippen molar-refractivity contribution in [3.63, 3.8) is 0 Å². The Labute approximate surface area is 221 Å². The van der Waals surface area contributed by atoms with E-state index in [-0.39, 0.29) is 0 Å². The molecule has 190 valence electrons. The van der Waals surface area contributed by atoms with Gasteiger partial charge in [0.1, 0.15) is 5.76 Å². The minimum Gasteiger partial charge on any atom is -0.443 e. The fourth-order valence-corrected chi connectivity index (χ4v) is 4.29. The highest BCUT2D eigenvalue weighted by atomic mass is 16.3. The van der Waals surface area contributed by atoms with Crippen LogP contribution in [-0.4, -0.2) is 9.97 Å². The topological polar surface area (TPSA) is 38.9 Å². The maximum atomic E-state index is 5.52. The molecule has 5 aromatic rings. The zero-order valence-corrected chi connectivity index (χ0v) is 22.9. The van der Waals surface area contributed by atoms with Crippen molar-refractivity contribution in [1.29, 1.82) is 0 Å². The average molecular weight is 491 g/mol. The maximum absolute atomic E-state index is 5.52. The first-order chi connectivity index (χ1) is 17.8. The quantitative estimate of drug-likeness (QED) is 0.253. The second kappa shape index (κ2) is 12.0. The molecule has 0 radical (unpaired) electrons. The van der Waals surface area contributed by atoms with Crippen molar-refractivity contribution < 1.29 is 4.42 Å². The van der Waals surface area contributed by atoms with Crippen LogP contribution in [0.4, 0.5) is 0 Å². The lowest BCUT2D eigenvalue weighted by molar-refractivity contribution is 0.514. The van der Waals surface area contributed by atoms with Crippen LogP contribution in [0.2, 0.25) is 0 Å². The summed E-state index contributed by atoms with van der Waals surface area (Å²) in [6.07, 6.45) is 6.94. The molecule has 0 aliphatic heterocycles. The van der Waals surface area contributed by atoms with Crippen LogP contribution in [0.25, 0.3) is 27.9 Å². The van der Waals surface area contributed by atoms with E-state index in [0.29, 0.717) is 17.8 Å². The minimum atomic E-state index is 0.430. The summed E-state index contributed by atoms with van der Waals surface area (Å²) < 4.78 is 5.52. The van der Waals surface area contributed by atoms with E-state index < -0.39 is 0 Å². The molecular formula is C34H38N2O. The van der Waals surface area contributed by atoms with Gasteiger partial charge in [-0.25, -0.2) is 4.98 Å². The van der Waals surface area contributed by atoms with E-state index in [0.717, 1.165) is 23.3 Å². The van der Waals surface area contributed by atoms with Crippen LogP contribution >= 0.6 is 0 Å². The molecule has 0 fully saturated rings.